The maximum Gasteiger partial charge on any atom is 0.332 e. The van der Waals surface area contributed by atoms with Gasteiger partial charge in [-0.25, -0.2) is 14.2 Å². The molecular weight excluding hydrogens is 445 g/mol. The van der Waals surface area contributed by atoms with Crippen LogP contribution in [0.1, 0.15) is 11.1 Å². The SMILES string of the molecule is Cc1ccc(NC(=O)CSc2nc3c(c(=O)n(C)c(=O)n3C)n2Cc2ccc(F)cc2)cc1. The summed E-state index contributed by atoms with van der Waals surface area (Å²) < 4.78 is 17.3. The summed E-state index contributed by atoms with van der Waals surface area (Å²) in [5.41, 5.74) is 2.01. The van der Waals surface area contributed by atoms with Gasteiger partial charge in [0.1, 0.15) is 5.82 Å². The Hall–Kier alpha value is -3.66. The molecular formula is C23H22FN5O3S. The third-order valence-corrected chi connectivity index (χ3v) is 6.21. The van der Waals surface area contributed by atoms with Crippen LogP contribution in [0.2, 0.25) is 0 Å². The number of rotatable bonds is 6. The Balaban J connectivity index is 1.69. The van der Waals surface area contributed by atoms with Gasteiger partial charge in [0.2, 0.25) is 5.91 Å². The zero-order chi connectivity index (χ0) is 23.7. The number of amides is 1. The molecule has 2 aromatic heterocycles. The van der Waals surface area contributed by atoms with E-state index in [0.29, 0.717) is 10.8 Å². The van der Waals surface area contributed by atoms with E-state index >= 15 is 0 Å². The number of carbonyl (C=O) groups excluding carboxylic acids is 1. The molecule has 0 unspecified atom stereocenters. The lowest BCUT2D eigenvalue weighted by Gasteiger charge is -2.10. The molecule has 4 rings (SSSR count). The van der Waals surface area contributed by atoms with Gasteiger partial charge < -0.3 is 9.88 Å². The molecule has 0 fully saturated rings. The largest absolute Gasteiger partial charge is 0.332 e. The van der Waals surface area contributed by atoms with Crippen molar-refractivity contribution >= 4 is 34.5 Å². The molecule has 0 saturated carbocycles. The number of carbonyl (C=O) groups is 1. The van der Waals surface area contributed by atoms with Gasteiger partial charge in [0.25, 0.3) is 5.56 Å². The summed E-state index contributed by atoms with van der Waals surface area (Å²) in [5, 5.41) is 3.24. The average molecular weight is 468 g/mol. The monoisotopic (exact) mass is 467 g/mol. The van der Waals surface area contributed by atoms with E-state index in [2.05, 4.69) is 10.3 Å². The molecule has 0 aliphatic heterocycles. The van der Waals surface area contributed by atoms with Gasteiger partial charge in [-0.05, 0) is 36.8 Å². The van der Waals surface area contributed by atoms with Crippen molar-refractivity contribution in [3.63, 3.8) is 0 Å². The van der Waals surface area contributed by atoms with Crippen molar-refractivity contribution in [2.24, 2.45) is 14.1 Å². The number of benzene rings is 2. The first-order chi connectivity index (χ1) is 15.7. The molecule has 0 spiro atoms. The van der Waals surface area contributed by atoms with Crippen molar-refractivity contribution in [1.82, 2.24) is 18.7 Å². The second-order valence-corrected chi connectivity index (χ2v) is 8.63. The number of nitrogens with zero attached hydrogens (tertiary/aromatic N) is 4. The van der Waals surface area contributed by atoms with Crippen molar-refractivity contribution in [2.75, 3.05) is 11.1 Å². The van der Waals surface area contributed by atoms with Gasteiger partial charge >= 0.3 is 5.69 Å². The number of fused-ring (bicyclic) bond motifs is 1. The molecule has 0 atom stereocenters. The van der Waals surface area contributed by atoms with Gasteiger partial charge in [-0.15, -0.1) is 0 Å². The highest BCUT2D eigenvalue weighted by Gasteiger charge is 2.20. The number of hydrogen-bond donors (Lipinski definition) is 1. The fourth-order valence-corrected chi connectivity index (χ4v) is 4.21. The average Bonchev–Trinajstić information content (AvgIpc) is 3.16. The normalized spacial score (nSPS) is 11.2. The van der Waals surface area contributed by atoms with Crippen LogP contribution in [0.3, 0.4) is 0 Å². The van der Waals surface area contributed by atoms with Gasteiger partial charge in [-0.3, -0.25) is 18.7 Å². The van der Waals surface area contributed by atoms with Crippen LogP contribution in [0.15, 0.2) is 63.3 Å². The van der Waals surface area contributed by atoms with Crippen LogP contribution in [0, 0.1) is 12.7 Å². The minimum atomic E-state index is -0.493. The Morgan fingerprint density at radius 3 is 2.36 bits per heavy atom. The van der Waals surface area contributed by atoms with E-state index in [-0.39, 0.29) is 35.2 Å². The Morgan fingerprint density at radius 1 is 1.03 bits per heavy atom. The number of thioether (sulfide) groups is 1. The van der Waals surface area contributed by atoms with Gasteiger partial charge in [0, 0.05) is 19.8 Å². The number of halogens is 1. The lowest BCUT2D eigenvalue weighted by atomic mass is 10.2. The van der Waals surface area contributed by atoms with Crippen molar-refractivity contribution in [3.05, 3.63) is 86.3 Å². The van der Waals surface area contributed by atoms with Crippen LogP contribution in [-0.4, -0.2) is 30.3 Å². The third-order valence-electron chi connectivity index (χ3n) is 5.23. The number of imidazole rings is 1. The molecule has 10 heteroatoms. The summed E-state index contributed by atoms with van der Waals surface area (Å²) in [6.07, 6.45) is 0. The van der Waals surface area contributed by atoms with E-state index in [1.165, 1.54) is 30.8 Å². The smallest absolute Gasteiger partial charge is 0.325 e. The molecule has 170 valence electrons. The van der Waals surface area contributed by atoms with Gasteiger partial charge in [0.15, 0.2) is 16.3 Å². The molecule has 0 saturated heterocycles. The standard InChI is InChI=1S/C23H22FN5O3S/c1-14-4-10-17(11-5-14)25-18(30)13-33-22-26-20-19(21(31)28(3)23(32)27(20)2)29(22)12-15-6-8-16(24)9-7-15/h4-11H,12-13H2,1-3H3,(H,25,30). The van der Waals surface area contributed by atoms with Crippen LogP contribution in [0.5, 0.6) is 0 Å². The lowest BCUT2D eigenvalue weighted by molar-refractivity contribution is -0.113. The molecule has 1 N–H and O–H groups in total. The summed E-state index contributed by atoms with van der Waals surface area (Å²) in [7, 11) is 2.94. The fourth-order valence-electron chi connectivity index (χ4n) is 3.42. The van der Waals surface area contributed by atoms with Crippen LogP contribution >= 0.6 is 11.8 Å². The van der Waals surface area contributed by atoms with E-state index in [1.807, 2.05) is 31.2 Å². The predicted octanol–water partition coefficient (Wildman–Crippen LogP) is 2.66. The summed E-state index contributed by atoms with van der Waals surface area (Å²) in [5.74, 6) is -0.546. The maximum absolute atomic E-state index is 13.4. The molecule has 8 nitrogen and oxygen atoms in total. The van der Waals surface area contributed by atoms with Crippen molar-refractivity contribution in [3.8, 4) is 0 Å². The van der Waals surface area contributed by atoms with Gasteiger partial charge in [-0.1, -0.05) is 41.6 Å². The molecule has 33 heavy (non-hydrogen) atoms. The van der Waals surface area contributed by atoms with Crippen LogP contribution in [0.25, 0.3) is 11.2 Å². The Kier molecular flexibility index (Phi) is 6.19. The van der Waals surface area contributed by atoms with Crippen LogP contribution in [0.4, 0.5) is 10.1 Å². The second-order valence-electron chi connectivity index (χ2n) is 7.69. The van der Waals surface area contributed by atoms with Crippen molar-refractivity contribution in [1.29, 1.82) is 0 Å². The van der Waals surface area contributed by atoms with Crippen molar-refractivity contribution in [2.45, 2.75) is 18.6 Å². The summed E-state index contributed by atoms with van der Waals surface area (Å²) in [6, 6.07) is 13.4. The number of aromatic nitrogens is 4. The van der Waals surface area contributed by atoms with Crippen LogP contribution in [-0.2, 0) is 25.4 Å². The first kappa shape index (κ1) is 22.5. The number of aryl methyl sites for hydroxylation is 2. The molecule has 0 aliphatic carbocycles. The molecule has 0 bridgehead atoms. The number of hydrogen-bond acceptors (Lipinski definition) is 5. The fraction of sp³-hybridized carbons (Fsp3) is 0.217. The minimum Gasteiger partial charge on any atom is -0.325 e. The molecule has 2 aromatic carbocycles. The van der Waals surface area contributed by atoms with Crippen LogP contribution < -0.4 is 16.6 Å². The van der Waals surface area contributed by atoms with E-state index in [9.17, 15) is 18.8 Å². The first-order valence-corrected chi connectivity index (χ1v) is 11.1. The second kappa shape index (κ2) is 9.07. The molecule has 4 aromatic rings. The van der Waals surface area contributed by atoms with Crippen molar-refractivity contribution < 1.29 is 9.18 Å². The summed E-state index contributed by atoms with van der Waals surface area (Å²) in [6.45, 7) is 2.19. The lowest BCUT2D eigenvalue weighted by Crippen LogP contribution is -2.37. The molecule has 2 heterocycles. The van der Waals surface area contributed by atoms with E-state index in [4.69, 9.17) is 0 Å². The Labute approximate surface area is 192 Å². The zero-order valence-electron chi connectivity index (χ0n) is 18.3. The third kappa shape index (κ3) is 4.61. The predicted molar refractivity (Wildman–Crippen MR) is 126 cm³/mol. The highest BCUT2D eigenvalue weighted by molar-refractivity contribution is 7.99. The highest BCUT2D eigenvalue weighted by atomic mass is 32.2. The quantitative estimate of drug-likeness (QED) is 0.441. The van der Waals surface area contributed by atoms with E-state index < -0.39 is 11.2 Å². The Morgan fingerprint density at radius 2 is 1.70 bits per heavy atom. The summed E-state index contributed by atoms with van der Waals surface area (Å²) >= 11 is 1.16. The Bertz CT molecular complexity index is 1450. The maximum atomic E-state index is 13.4. The number of nitrogens with one attached hydrogen (secondary N) is 1. The minimum absolute atomic E-state index is 0.0505. The highest BCUT2D eigenvalue weighted by Crippen LogP contribution is 2.23. The summed E-state index contributed by atoms with van der Waals surface area (Å²) in [4.78, 5) is 42.3. The van der Waals surface area contributed by atoms with Gasteiger partial charge in [0.05, 0.1) is 12.3 Å². The van der Waals surface area contributed by atoms with E-state index in [0.717, 1.165) is 27.5 Å². The number of anilines is 1. The molecule has 1 amide bonds. The molecule has 0 aliphatic rings. The molecule has 0 radical (unpaired) electrons. The first-order valence-electron chi connectivity index (χ1n) is 10.1. The zero-order valence-corrected chi connectivity index (χ0v) is 19.1. The van der Waals surface area contributed by atoms with Gasteiger partial charge in [-0.2, -0.15) is 0 Å². The van der Waals surface area contributed by atoms with E-state index in [1.54, 1.807) is 16.7 Å². The topological polar surface area (TPSA) is 90.9 Å².